The summed E-state index contributed by atoms with van der Waals surface area (Å²) in [6, 6.07) is 19.8. The van der Waals surface area contributed by atoms with Gasteiger partial charge in [-0.1, -0.05) is 30.3 Å². The van der Waals surface area contributed by atoms with Gasteiger partial charge in [-0.3, -0.25) is 10.1 Å². The highest BCUT2D eigenvalue weighted by Gasteiger charge is 2.44. The van der Waals surface area contributed by atoms with E-state index in [9.17, 15) is 10.1 Å². The molecule has 2 heterocycles. The summed E-state index contributed by atoms with van der Waals surface area (Å²) in [7, 11) is 0. The Kier molecular flexibility index (Phi) is 3.38. The van der Waals surface area contributed by atoms with E-state index in [1.54, 1.807) is 12.1 Å². The van der Waals surface area contributed by atoms with Gasteiger partial charge in [-0.05, 0) is 52.8 Å². The van der Waals surface area contributed by atoms with Crippen LogP contribution in [0.5, 0.6) is 11.5 Å². The quantitative estimate of drug-likeness (QED) is 0.506. The zero-order valence-electron chi connectivity index (χ0n) is 15.5. The highest BCUT2D eigenvalue weighted by Crippen LogP contribution is 2.54. The topological polar surface area (TPSA) is 73.6 Å². The highest BCUT2D eigenvalue weighted by atomic mass is 16.7. The molecule has 3 atom stereocenters. The van der Waals surface area contributed by atoms with Crippen LogP contribution in [0.2, 0.25) is 0 Å². The number of nitro benzene ring substituents is 1. The third-order valence-corrected chi connectivity index (χ3v) is 6.35. The van der Waals surface area contributed by atoms with Gasteiger partial charge in [-0.2, -0.15) is 0 Å². The SMILES string of the molecule is O=[N+]([O-])c1ccc2c(c1)[C@@H]1c3ccccc3C[C@H]1[C@H](c1ccc3c(c1)OCO3)N2. The molecule has 6 nitrogen and oxygen atoms in total. The molecule has 1 aliphatic carbocycles. The predicted molar refractivity (Wildman–Crippen MR) is 108 cm³/mol. The molecule has 0 amide bonds. The lowest BCUT2D eigenvalue weighted by molar-refractivity contribution is -0.384. The first kappa shape index (κ1) is 16.4. The highest BCUT2D eigenvalue weighted by molar-refractivity contribution is 5.65. The van der Waals surface area contributed by atoms with E-state index in [-0.39, 0.29) is 35.3 Å². The average Bonchev–Trinajstić information content (AvgIpc) is 3.36. The van der Waals surface area contributed by atoms with Crippen molar-refractivity contribution in [2.45, 2.75) is 18.4 Å². The van der Waals surface area contributed by atoms with Gasteiger partial charge in [0, 0.05) is 23.7 Å². The Bertz CT molecular complexity index is 1160. The largest absolute Gasteiger partial charge is 0.454 e. The van der Waals surface area contributed by atoms with Crippen LogP contribution >= 0.6 is 0 Å². The Morgan fingerprint density at radius 2 is 1.83 bits per heavy atom. The molecule has 6 rings (SSSR count). The maximum atomic E-state index is 11.4. The number of non-ortho nitro benzene ring substituents is 1. The molecule has 0 saturated heterocycles. The fourth-order valence-corrected chi connectivity index (χ4v) is 5.10. The van der Waals surface area contributed by atoms with Crippen LogP contribution in [0.4, 0.5) is 11.4 Å². The summed E-state index contributed by atoms with van der Waals surface area (Å²) in [5, 5.41) is 15.0. The Labute approximate surface area is 167 Å². The number of nitrogens with zero attached hydrogens (tertiary/aromatic N) is 1. The first-order valence-corrected chi connectivity index (χ1v) is 9.71. The molecule has 0 radical (unpaired) electrons. The third kappa shape index (κ3) is 2.42. The smallest absolute Gasteiger partial charge is 0.269 e. The van der Waals surface area contributed by atoms with Crippen molar-refractivity contribution in [3.63, 3.8) is 0 Å². The van der Waals surface area contributed by atoms with Crippen molar-refractivity contribution in [1.29, 1.82) is 0 Å². The van der Waals surface area contributed by atoms with Gasteiger partial charge < -0.3 is 14.8 Å². The normalized spacial score (nSPS) is 23.0. The first-order chi connectivity index (χ1) is 14.2. The van der Waals surface area contributed by atoms with E-state index in [0.29, 0.717) is 0 Å². The Morgan fingerprint density at radius 3 is 2.72 bits per heavy atom. The number of rotatable bonds is 2. The molecule has 29 heavy (non-hydrogen) atoms. The van der Waals surface area contributed by atoms with E-state index in [1.165, 1.54) is 11.1 Å². The lowest BCUT2D eigenvalue weighted by Gasteiger charge is -2.37. The monoisotopic (exact) mass is 386 g/mol. The standard InChI is InChI=1S/C23H18N2O4/c26-25(27)15-6-7-19-17(11-15)22-16-4-2-1-3-13(16)9-18(22)23(24-19)14-5-8-20-21(10-14)29-12-28-20/h1-8,10-11,18,22-24H,9,12H2/t18-,22+,23+/m1/s1. The minimum atomic E-state index is -0.319. The molecule has 0 spiro atoms. The van der Waals surface area contributed by atoms with Crippen LogP contribution in [-0.2, 0) is 6.42 Å². The molecule has 0 saturated carbocycles. The van der Waals surface area contributed by atoms with E-state index in [1.807, 2.05) is 12.1 Å². The van der Waals surface area contributed by atoms with Crippen LogP contribution in [0, 0.1) is 16.0 Å². The molecule has 0 fully saturated rings. The van der Waals surface area contributed by atoms with Crippen LogP contribution in [0.3, 0.4) is 0 Å². The molecule has 144 valence electrons. The van der Waals surface area contributed by atoms with Gasteiger partial charge in [-0.25, -0.2) is 0 Å². The van der Waals surface area contributed by atoms with Crippen molar-refractivity contribution < 1.29 is 14.4 Å². The number of hydrogen-bond acceptors (Lipinski definition) is 5. The third-order valence-electron chi connectivity index (χ3n) is 6.35. The van der Waals surface area contributed by atoms with Crippen LogP contribution in [0.25, 0.3) is 0 Å². The average molecular weight is 386 g/mol. The van der Waals surface area contributed by atoms with Crippen LogP contribution in [-0.4, -0.2) is 11.7 Å². The van der Waals surface area contributed by atoms with E-state index in [0.717, 1.165) is 34.7 Å². The van der Waals surface area contributed by atoms with E-state index in [2.05, 4.69) is 41.7 Å². The maximum absolute atomic E-state index is 11.4. The molecular formula is C23H18N2O4. The molecule has 0 aromatic heterocycles. The molecule has 3 aliphatic rings. The van der Waals surface area contributed by atoms with Crippen molar-refractivity contribution in [1.82, 2.24) is 0 Å². The van der Waals surface area contributed by atoms with E-state index in [4.69, 9.17) is 9.47 Å². The molecule has 3 aromatic rings. The summed E-state index contributed by atoms with van der Waals surface area (Å²) in [6.45, 7) is 0.251. The zero-order valence-corrected chi connectivity index (χ0v) is 15.5. The first-order valence-electron chi connectivity index (χ1n) is 9.71. The Hall–Kier alpha value is -3.54. The van der Waals surface area contributed by atoms with Gasteiger partial charge >= 0.3 is 0 Å². The minimum absolute atomic E-state index is 0.0795. The molecule has 6 heteroatoms. The molecule has 0 bridgehead atoms. The summed E-state index contributed by atoms with van der Waals surface area (Å²) >= 11 is 0. The van der Waals surface area contributed by atoms with Gasteiger partial charge in [0.05, 0.1) is 11.0 Å². The Balaban J connectivity index is 1.51. The zero-order chi connectivity index (χ0) is 19.5. The van der Waals surface area contributed by atoms with Crippen LogP contribution in [0.15, 0.2) is 60.7 Å². The van der Waals surface area contributed by atoms with Gasteiger partial charge in [0.2, 0.25) is 6.79 Å². The number of nitro groups is 1. The lowest BCUT2D eigenvalue weighted by Crippen LogP contribution is -2.30. The number of ether oxygens (including phenoxy) is 2. The molecular weight excluding hydrogens is 368 g/mol. The number of nitrogens with one attached hydrogen (secondary N) is 1. The van der Waals surface area contributed by atoms with Crippen molar-refractivity contribution in [2.24, 2.45) is 5.92 Å². The van der Waals surface area contributed by atoms with E-state index >= 15 is 0 Å². The van der Waals surface area contributed by atoms with Crippen molar-refractivity contribution in [2.75, 3.05) is 12.1 Å². The lowest BCUT2D eigenvalue weighted by atomic mass is 9.75. The summed E-state index contributed by atoms with van der Waals surface area (Å²) < 4.78 is 11.1. The predicted octanol–water partition coefficient (Wildman–Crippen LogP) is 4.79. The van der Waals surface area contributed by atoms with Gasteiger partial charge in [-0.15, -0.1) is 0 Å². The van der Waals surface area contributed by atoms with Crippen LogP contribution < -0.4 is 14.8 Å². The molecule has 0 unspecified atom stereocenters. The van der Waals surface area contributed by atoms with Gasteiger partial charge in [0.25, 0.3) is 5.69 Å². The molecule has 1 N–H and O–H groups in total. The number of benzene rings is 3. The van der Waals surface area contributed by atoms with Crippen molar-refractivity contribution in [3.05, 3.63) is 93.0 Å². The van der Waals surface area contributed by atoms with Crippen molar-refractivity contribution in [3.8, 4) is 11.5 Å². The summed E-state index contributed by atoms with van der Waals surface area (Å²) in [4.78, 5) is 11.1. The summed E-state index contributed by atoms with van der Waals surface area (Å²) in [5.74, 6) is 1.93. The number of hydrogen-bond donors (Lipinski definition) is 1. The maximum Gasteiger partial charge on any atom is 0.269 e. The van der Waals surface area contributed by atoms with Gasteiger partial charge in [0.15, 0.2) is 11.5 Å². The number of fused-ring (bicyclic) bond motifs is 6. The van der Waals surface area contributed by atoms with Crippen LogP contribution in [0.1, 0.15) is 34.2 Å². The minimum Gasteiger partial charge on any atom is -0.454 e. The fraction of sp³-hybridized carbons (Fsp3) is 0.217. The molecule has 2 aliphatic heterocycles. The summed E-state index contributed by atoms with van der Waals surface area (Å²) in [5.41, 5.74) is 5.82. The summed E-state index contributed by atoms with van der Waals surface area (Å²) in [6.07, 6.45) is 0.926. The molecule has 3 aromatic carbocycles. The van der Waals surface area contributed by atoms with Gasteiger partial charge in [0.1, 0.15) is 0 Å². The van der Waals surface area contributed by atoms with E-state index < -0.39 is 0 Å². The Morgan fingerprint density at radius 1 is 0.966 bits per heavy atom. The second-order valence-electron chi connectivity index (χ2n) is 7.81. The second kappa shape index (κ2) is 5.98. The fourth-order valence-electron chi connectivity index (χ4n) is 5.10. The van der Waals surface area contributed by atoms with Crippen molar-refractivity contribution >= 4 is 11.4 Å². The number of anilines is 1. The second-order valence-corrected chi connectivity index (χ2v) is 7.81.